The number of amides is 2. The van der Waals surface area contributed by atoms with Crippen molar-refractivity contribution >= 4 is 29.0 Å². The molecule has 2 heterocycles. The number of carbonyl (C=O) groups is 3. The Bertz CT molecular complexity index is 1090. The van der Waals surface area contributed by atoms with Crippen LogP contribution in [0.1, 0.15) is 46.7 Å². The van der Waals surface area contributed by atoms with Crippen LogP contribution in [-0.2, 0) is 11.2 Å². The second-order valence-electron chi connectivity index (χ2n) is 8.87. The van der Waals surface area contributed by atoms with E-state index in [0.29, 0.717) is 48.7 Å². The minimum atomic E-state index is -0.697. The summed E-state index contributed by atoms with van der Waals surface area (Å²) >= 11 is 0. The highest BCUT2D eigenvalue weighted by molar-refractivity contribution is 6.15. The van der Waals surface area contributed by atoms with E-state index in [0.717, 1.165) is 18.8 Å². The maximum atomic E-state index is 13.1. The first-order valence-electron chi connectivity index (χ1n) is 11.1. The summed E-state index contributed by atoms with van der Waals surface area (Å²) in [6, 6.07) is 5.55. The largest absolute Gasteiger partial charge is 0.494 e. The number of hydrogen-bond acceptors (Lipinski definition) is 7. The number of nitrogens with zero attached hydrogens (tertiary/aromatic N) is 2. The summed E-state index contributed by atoms with van der Waals surface area (Å²) in [5, 5.41) is 2.85. The maximum Gasteiger partial charge on any atom is 0.259 e. The van der Waals surface area contributed by atoms with Gasteiger partial charge in [0.2, 0.25) is 5.91 Å². The quantitative estimate of drug-likeness (QED) is 0.712. The fourth-order valence-electron chi connectivity index (χ4n) is 4.45. The van der Waals surface area contributed by atoms with Crippen molar-refractivity contribution < 1.29 is 23.5 Å². The summed E-state index contributed by atoms with van der Waals surface area (Å²) < 4.78 is 11.1. The molecule has 9 nitrogen and oxygen atoms in total. The van der Waals surface area contributed by atoms with Gasteiger partial charge in [-0.3, -0.25) is 14.4 Å². The number of furan rings is 1. The lowest BCUT2D eigenvalue weighted by Gasteiger charge is -2.35. The average molecular weight is 455 g/mol. The molecule has 2 aliphatic rings. The molecule has 1 atom stereocenters. The van der Waals surface area contributed by atoms with Crippen LogP contribution in [0, 0.1) is 5.41 Å². The van der Waals surface area contributed by atoms with E-state index in [-0.39, 0.29) is 23.8 Å². The van der Waals surface area contributed by atoms with E-state index in [2.05, 4.69) is 10.2 Å². The molecule has 1 aliphatic carbocycles. The predicted molar refractivity (Wildman–Crippen MR) is 124 cm³/mol. The summed E-state index contributed by atoms with van der Waals surface area (Å²) in [7, 11) is 1.54. The molecule has 0 spiro atoms. The molecule has 2 aromatic rings. The molecule has 3 N–H and O–H groups in total. The molecule has 1 aromatic carbocycles. The topological polar surface area (TPSA) is 118 Å². The van der Waals surface area contributed by atoms with Gasteiger partial charge >= 0.3 is 0 Å². The highest BCUT2D eigenvalue weighted by Gasteiger charge is 2.41. The number of anilines is 2. The number of piperazine rings is 1. The van der Waals surface area contributed by atoms with Crippen LogP contribution in [0.25, 0.3) is 0 Å². The molecule has 0 bridgehead atoms. The van der Waals surface area contributed by atoms with Gasteiger partial charge in [0, 0.05) is 63.2 Å². The number of benzene rings is 1. The van der Waals surface area contributed by atoms with Crippen molar-refractivity contribution in [2.24, 2.45) is 11.1 Å². The zero-order chi connectivity index (χ0) is 23.8. The Morgan fingerprint density at radius 3 is 2.61 bits per heavy atom. The molecule has 1 unspecified atom stereocenters. The van der Waals surface area contributed by atoms with Crippen LogP contribution in [-0.4, -0.2) is 62.3 Å². The van der Waals surface area contributed by atoms with Gasteiger partial charge in [0.1, 0.15) is 17.8 Å². The Kier molecular flexibility index (Phi) is 6.16. The molecule has 2 amide bonds. The van der Waals surface area contributed by atoms with Crippen LogP contribution in [0.5, 0.6) is 5.75 Å². The zero-order valence-electron chi connectivity index (χ0n) is 19.3. The third kappa shape index (κ3) is 4.20. The zero-order valence-corrected chi connectivity index (χ0v) is 19.3. The number of methoxy groups -OCH3 is 1. The van der Waals surface area contributed by atoms with E-state index >= 15 is 0 Å². The highest BCUT2D eigenvalue weighted by atomic mass is 16.5. The predicted octanol–water partition coefficient (Wildman–Crippen LogP) is 2.30. The minimum absolute atomic E-state index is 0.0805. The van der Waals surface area contributed by atoms with Crippen molar-refractivity contribution in [3.63, 3.8) is 0 Å². The lowest BCUT2D eigenvalue weighted by molar-refractivity contribution is -0.129. The van der Waals surface area contributed by atoms with Gasteiger partial charge in [-0.25, -0.2) is 0 Å². The highest BCUT2D eigenvalue weighted by Crippen LogP contribution is 2.38. The first-order chi connectivity index (χ1) is 15.8. The van der Waals surface area contributed by atoms with Crippen LogP contribution in [0.15, 0.2) is 28.9 Å². The maximum absolute atomic E-state index is 13.1. The van der Waals surface area contributed by atoms with E-state index in [1.54, 1.807) is 20.1 Å². The molecule has 9 heteroatoms. The second-order valence-corrected chi connectivity index (χ2v) is 8.87. The molecule has 33 heavy (non-hydrogen) atoms. The van der Waals surface area contributed by atoms with Crippen LogP contribution < -0.4 is 20.7 Å². The first-order valence-corrected chi connectivity index (χ1v) is 11.1. The van der Waals surface area contributed by atoms with Gasteiger partial charge in [0.05, 0.1) is 23.9 Å². The lowest BCUT2D eigenvalue weighted by Crippen LogP contribution is -2.48. The summed E-state index contributed by atoms with van der Waals surface area (Å²) in [4.78, 5) is 41.7. The number of aryl methyl sites for hydroxylation is 1. The monoisotopic (exact) mass is 454 g/mol. The Morgan fingerprint density at radius 2 is 1.97 bits per heavy atom. The molecule has 176 valence electrons. The van der Waals surface area contributed by atoms with E-state index in [1.807, 2.05) is 24.0 Å². The number of nitrogens with two attached hydrogens (primary N) is 1. The lowest BCUT2D eigenvalue weighted by atomic mass is 9.73. The summed E-state index contributed by atoms with van der Waals surface area (Å²) in [6.07, 6.45) is 2.51. The first kappa shape index (κ1) is 22.8. The average Bonchev–Trinajstić information content (AvgIpc) is 3.26. The van der Waals surface area contributed by atoms with E-state index in [9.17, 15) is 14.4 Å². The molecular formula is C24H30N4O5. The Labute approximate surface area is 192 Å². The number of fused-ring (bicyclic) bond motifs is 1. The SMILES string of the molecule is COc1cc(N2CCN(C(C)=O)CC2)ccc1NC(=O)c1coc2c1C(=O)C(C)(CN)CC2. The van der Waals surface area contributed by atoms with Crippen LogP contribution >= 0.6 is 0 Å². The Hall–Kier alpha value is -3.33. The molecule has 1 saturated heterocycles. The van der Waals surface area contributed by atoms with Crippen molar-refractivity contribution in [2.75, 3.05) is 50.1 Å². The van der Waals surface area contributed by atoms with Crippen LogP contribution in [0.3, 0.4) is 0 Å². The normalized spacial score (nSPS) is 20.4. The smallest absolute Gasteiger partial charge is 0.259 e. The van der Waals surface area contributed by atoms with Gasteiger partial charge in [-0.1, -0.05) is 6.92 Å². The number of Topliss-reactive ketones (excluding diaryl/α,β-unsaturated/α-hetero) is 1. The third-order valence-corrected chi connectivity index (χ3v) is 6.76. The molecular weight excluding hydrogens is 424 g/mol. The van der Waals surface area contributed by atoms with E-state index in [4.69, 9.17) is 14.9 Å². The molecule has 0 radical (unpaired) electrons. The Morgan fingerprint density at radius 1 is 1.24 bits per heavy atom. The number of ketones is 1. The van der Waals surface area contributed by atoms with Crippen molar-refractivity contribution in [3.8, 4) is 5.75 Å². The molecule has 4 rings (SSSR count). The summed E-state index contributed by atoms with van der Waals surface area (Å²) in [5.41, 5.74) is 7.13. The van der Waals surface area contributed by atoms with E-state index in [1.165, 1.54) is 6.26 Å². The Balaban J connectivity index is 1.53. The van der Waals surface area contributed by atoms with E-state index < -0.39 is 11.3 Å². The number of hydrogen-bond donors (Lipinski definition) is 2. The van der Waals surface area contributed by atoms with Crippen molar-refractivity contribution in [3.05, 3.63) is 41.3 Å². The standard InChI is InChI=1S/C24H30N4O5/c1-15(29)27-8-10-28(11-9-27)16-4-5-18(20(12-16)32-3)26-23(31)17-13-33-19-6-7-24(2,14-25)22(30)21(17)19/h4-5,12-13H,6-11,14,25H2,1-3H3,(H,26,31). The minimum Gasteiger partial charge on any atom is -0.494 e. The fraction of sp³-hybridized carbons (Fsp3) is 0.458. The summed E-state index contributed by atoms with van der Waals surface area (Å²) in [6.45, 7) is 6.39. The molecule has 1 aliphatic heterocycles. The molecule has 0 saturated carbocycles. The van der Waals surface area contributed by atoms with Gasteiger partial charge in [-0.2, -0.15) is 0 Å². The van der Waals surface area contributed by atoms with Crippen molar-refractivity contribution in [2.45, 2.75) is 26.7 Å². The van der Waals surface area contributed by atoms with Crippen LogP contribution in [0.2, 0.25) is 0 Å². The van der Waals surface area contributed by atoms with Crippen molar-refractivity contribution in [1.82, 2.24) is 4.90 Å². The van der Waals surface area contributed by atoms with Gasteiger partial charge in [0.25, 0.3) is 5.91 Å². The van der Waals surface area contributed by atoms with Gasteiger partial charge < -0.3 is 30.0 Å². The van der Waals surface area contributed by atoms with Gasteiger partial charge in [-0.05, 0) is 18.6 Å². The third-order valence-electron chi connectivity index (χ3n) is 6.76. The second kappa shape index (κ2) is 8.90. The number of carbonyl (C=O) groups excluding carboxylic acids is 3. The molecule has 1 aromatic heterocycles. The van der Waals surface area contributed by atoms with Gasteiger partial charge in [0.15, 0.2) is 5.78 Å². The summed E-state index contributed by atoms with van der Waals surface area (Å²) in [5.74, 6) is 0.526. The molecule has 1 fully saturated rings. The number of ether oxygens (including phenoxy) is 1. The number of rotatable bonds is 5. The fourth-order valence-corrected chi connectivity index (χ4v) is 4.45. The van der Waals surface area contributed by atoms with Crippen molar-refractivity contribution in [1.29, 1.82) is 0 Å². The van der Waals surface area contributed by atoms with Gasteiger partial charge in [-0.15, -0.1) is 0 Å². The number of nitrogens with one attached hydrogen (secondary N) is 1. The van der Waals surface area contributed by atoms with Crippen LogP contribution in [0.4, 0.5) is 11.4 Å².